The van der Waals surface area contributed by atoms with Gasteiger partial charge in [0.15, 0.2) is 0 Å². The van der Waals surface area contributed by atoms with E-state index in [0.717, 1.165) is 0 Å². The van der Waals surface area contributed by atoms with Crippen LogP contribution in [-0.4, -0.2) is 14.4 Å². The summed E-state index contributed by atoms with van der Waals surface area (Å²) < 4.78 is 0. The fraction of sp³-hybridized carbons (Fsp3) is 0.417. The standard InChI is InChI=1S/C12H17OSi/c1-4-14(3,5-2)12-8-6-11(10-13)7-9-12/h6-9H,4-5H2,1-3H3. The molecule has 0 heterocycles. The van der Waals surface area contributed by atoms with Gasteiger partial charge in [-0.25, -0.2) is 0 Å². The van der Waals surface area contributed by atoms with Gasteiger partial charge in [-0.15, -0.1) is 0 Å². The zero-order valence-corrected chi connectivity index (χ0v) is 10.1. The molecule has 0 aliphatic carbocycles. The average Bonchev–Trinajstić information content (AvgIpc) is 2.28. The second-order valence-electron chi connectivity index (χ2n) is 3.95. The van der Waals surface area contributed by atoms with E-state index in [1.165, 1.54) is 17.3 Å². The lowest BCUT2D eigenvalue weighted by molar-refractivity contribution is 0.563. The summed E-state index contributed by atoms with van der Waals surface area (Å²) in [6, 6.07) is 10.5. The summed E-state index contributed by atoms with van der Waals surface area (Å²) in [6.45, 7) is 6.91. The van der Waals surface area contributed by atoms with Crippen LogP contribution in [0, 0.1) is 0 Å². The molecule has 0 aliphatic rings. The molecule has 14 heavy (non-hydrogen) atoms. The van der Waals surface area contributed by atoms with Crippen LogP contribution < -0.4 is 5.19 Å². The Labute approximate surface area is 87.2 Å². The molecule has 1 aromatic carbocycles. The molecule has 1 radical (unpaired) electrons. The smallest absolute Gasteiger partial charge is 0.233 e. The maximum Gasteiger partial charge on any atom is 0.233 e. The molecule has 0 saturated carbocycles. The second kappa shape index (κ2) is 4.56. The van der Waals surface area contributed by atoms with Crippen LogP contribution in [0.4, 0.5) is 0 Å². The lowest BCUT2D eigenvalue weighted by atomic mass is 10.2. The van der Waals surface area contributed by atoms with Crippen LogP contribution in [0.1, 0.15) is 19.4 Å². The zero-order chi connectivity index (χ0) is 10.6. The molecule has 0 fully saturated rings. The highest BCUT2D eigenvalue weighted by Gasteiger charge is 2.24. The second-order valence-corrected chi connectivity index (χ2v) is 9.06. The fourth-order valence-corrected chi connectivity index (χ4v) is 3.89. The highest BCUT2D eigenvalue weighted by Crippen LogP contribution is 2.14. The topological polar surface area (TPSA) is 17.1 Å². The van der Waals surface area contributed by atoms with Crippen molar-refractivity contribution in [2.75, 3.05) is 0 Å². The van der Waals surface area contributed by atoms with Gasteiger partial charge in [0.05, 0.1) is 8.07 Å². The maximum atomic E-state index is 10.4. The van der Waals surface area contributed by atoms with Crippen LogP contribution in [0.25, 0.3) is 0 Å². The first-order chi connectivity index (χ1) is 6.66. The summed E-state index contributed by atoms with van der Waals surface area (Å²) >= 11 is 0. The number of benzene rings is 1. The molecule has 0 spiro atoms. The molecule has 1 rings (SSSR count). The van der Waals surface area contributed by atoms with E-state index < -0.39 is 8.07 Å². The van der Waals surface area contributed by atoms with E-state index >= 15 is 0 Å². The van der Waals surface area contributed by atoms with Crippen molar-refractivity contribution < 1.29 is 4.79 Å². The molecule has 2 heteroatoms. The third-order valence-electron chi connectivity index (χ3n) is 3.26. The summed E-state index contributed by atoms with van der Waals surface area (Å²) in [7, 11) is -1.24. The van der Waals surface area contributed by atoms with Crippen molar-refractivity contribution in [3.05, 3.63) is 29.8 Å². The van der Waals surface area contributed by atoms with E-state index in [9.17, 15) is 4.79 Å². The van der Waals surface area contributed by atoms with Crippen molar-refractivity contribution in [2.24, 2.45) is 0 Å². The van der Waals surface area contributed by atoms with Crippen LogP contribution in [0.3, 0.4) is 0 Å². The zero-order valence-electron chi connectivity index (χ0n) is 9.13. The van der Waals surface area contributed by atoms with Crippen molar-refractivity contribution in [1.29, 1.82) is 0 Å². The fourth-order valence-electron chi connectivity index (χ4n) is 1.60. The van der Waals surface area contributed by atoms with Crippen LogP contribution in [0.15, 0.2) is 24.3 Å². The summed E-state index contributed by atoms with van der Waals surface area (Å²) in [6.07, 6.45) is 1.91. The van der Waals surface area contributed by atoms with Gasteiger partial charge >= 0.3 is 0 Å². The third kappa shape index (κ3) is 2.12. The van der Waals surface area contributed by atoms with Crippen LogP contribution in [0.5, 0.6) is 0 Å². The van der Waals surface area contributed by atoms with Crippen molar-refractivity contribution in [3.63, 3.8) is 0 Å². The molecule has 1 nitrogen and oxygen atoms in total. The van der Waals surface area contributed by atoms with Gasteiger partial charge in [-0.3, -0.25) is 4.79 Å². The Bertz CT molecular complexity index is 299. The normalized spacial score (nSPS) is 11.4. The lowest BCUT2D eigenvalue weighted by Gasteiger charge is -2.24. The molecule has 0 saturated heterocycles. The summed E-state index contributed by atoms with van der Waals surface area (Å²) in [4.78, 5) is 10.4. The molecular weight excluding hydrogens is 188 g/mol. The number of hydrogen-bond acceptors (Lipinski definition) is 1. The number of rotatable bonds is 4. The minimum absolute atomic E-state index is 0.650. The highest BCUT2D eigenvalue weighted by molar-refractivity contribution is 6.90. The van der Waals surface area contributed by atoms with Gasteiger partial charge in [0.25, 0.3) is 0 Å². The third-order valence-corrected chi connectivity index (χ3v) is 8.11. The molecule has 0 aliphatic heterocycles. The van der Waals surface area contributed by atoms with Gasteiger partial charge < -0.3 is 0 Å². The predicted molar refractivity (Wildman–Crippen MR) is 63.5 cm³/mol. The average molecular weight is 205 g/mol. The largest absolute Gasteiger partial charge is 0.285 e. The first kappa shape index (κ1) is 11.2. The predicted octanol–water partition coefficient (Wildman–Crippen LogP) is 2.47. The Hall–Kier alpha value is -0.893. The molecule has 0 unspecified atom stereocenters. The van der Waals surface area contributed by atoms with Crippen molar-refractivity contribution in [2.45, 2.75) is 32.5 Å². The molecule has 0 aromatic heterocycles. The van der Waals surface area contributed by atoms with E-state index in [0.29, 0.717) is 5.56 Å². The van der Waals surface area contributed by atoms with E-state index in [-0.39, 0.29) is 0 Å². The minimum Gasteiger partial charge on any atom is -0.285 e. The van der Waals surface area contributed by atoms with Gasteiger partial charge in [-0.05, 0) is 0 Å². The Morgan fingerprint density at radius 1 is 1.14 bits per heavy atom. The van der Waals surface area contributed by atoms with E-state index in [1.54, 1.807) is 0 Å². The van der Waals surface area contributed by atoms with Crippen molar-refractivity contribution >= 4 is 19.5 Å². The Kier molecular flexibility index (Phi) is 3.64. The summed E-state index contributed by atoms with van der Waals surface area (Å²) in [5.41, 5.74) is 0.650. The Morgan fingerprint density at radius 3 is 2.00 bits per heavy atom. The van der Waals surface area contributed by atoms with Crippen LogP contribution in [0.2, 0.25) is 18.6 Å². The molecule has 1 aromatic rings. The molecule has 75 valence electrons. The van der Waals surface area contributed by atoms with Crippen LogP contribution in [-0.2, 0) is 4.79 Å². The van der Waals surface area contributed by atoms with Gasteiger partial charge in [0.1, 0.15) is 0 Å². The van der Waals surface area contributed by atoms with E-state index in [2.05, 4.69) is 32.5 Å². The van der Waals surface area contributed by atoms with Crippen molar-refractivity contribution in [1.82, 2.24) is 0 Å². The minimum atomic E-state index is -1.24. The molecule has 0 amide bonds. The van der Waals surface area contributed by atoms with Gasteiger partial charge in [0.2, 0.25) is 6.29 Å². The Balaban J connectivity index is 3.00. The SMILES string of the molecule is CC[Si](C)(CC)c1ccc([C]=O)cc1. The monoisotopic (exact) mass is 205 g/mol. The maximum absolute atomic E-state index is 10.4. The van der Waals surface area contributed by atoms with Gasteiger partial charge in [0, 0.05) is 5.56 Å². The highest BCUT2D eigenvalue weighted by atomic mass is 28.3. The number of hydrogen-bond donors (Lipinski definition) is 0. The summed E-state index contributed by atoms with van der Waals surface area (Å²) in [5.74, 6) is 0. The van der Waals surface area contributed by atoms with Crippen LogP contribution >= 0.6 is 0 Å². The van der Waals surface area contributed by atoms with Gasteiger partial charge in [-0.2, -0.15) is 0 Å². The van der Waals surface area contributed by atoms with E-state index in [1.807, 2.05) is 18.4 Å². The molecule has 0 N–H and O–H groups in total. The summed E-state index contributed by atoms with van der Waals surface area (Å²) in [5, 5.41) is 1.45. The first-order valence-electron chi connectivity index (χ1n) is 5.15. The van der Waals surface area contributed by atoms with E-state index in [4.69, 9.17) is 0 Å². The number of carbonyl (C=O) groups excluding carboxylic acids is 1. The Morgan fingerprint density at radius 2 is 1.64 bits per heavy atom. The molecule has 0 atom stereocenters. The molecular formula is C12H17OSi. The quantitative estimate of drug-likeness (QED) is 0.690. The molecule has 0 bridgehead atoms. The van der Waals surface area contributed by atoms with Crippen molar-refractivity contribution in [3.8, 4) is 0 Å². The lowest BCUT2D eigenvalue weighted by Crippen LogP contribution is -2.42. The van der Waals surface area contributed by atoms with Gasteiger partial charge in [-0.1, -0.05) is 61.9 Å². The first-order valence-corrected chi connectivity index (χ1v) is 8.06.